The summed E-state index contributed by atoms with van der Waals surface area (Å²) in [5.41, 5.74) is 5.99. The summed E-state index contributed by atoms with van der Waals surface area (Å²) in [6.07, 6.45) is -0.625. The van der Waals surface area contributed by atoms with Crippen LogP contribution < -0.4 is 21.3 Å². The van der Waals surface area contributed by atoms with E-state index >= 15 is 0 Å². The summed E-state index contributed by atoms with van der Waals surface area (Å²) in [7, 11) is -7.52. The topological polar surface area (TPSA) is 308 Å². The first-order valence-corrected chi connectivity index (χ1v) is 6.39. The van der Waals surface area contributed by atoms with E-state index in [-0.39, 0.29) is 84.8 Å². The third-order valence-corrected chi connectivity index (χ3v) is 1.75. The second-order valence-electron chi connectivity index (χ2n) is 1.78. The van der Waals surface area contributed by atoms with E-state index in [1.165, 1.54) is 0 Å². The van der Waals surface area contributed by atoms with Gasteiger partial charge in [0.05, 0.1) is 0 Å². The minimum Gasteiger partial charge on any atom is -0.627 e. The van der Waals surface area contributed by atoms with Crippen LogP contribution in [-0.4, -0.2) is 54.1 Å². The SMILES string of the molecule is O.O.O.O.[Co+2].[Co+2].[Co+2].[NH3+]C[P+]([O-])(O)O.[NH3+]C[P+]([O-])(O)O. The number of hydrogen-bond acceptors (Lipinski definition) is 6. The Morgan fingerprint density at radius 1 is 0.632 bits per heavy atom. The van der Waals surface area contributed by atoms with Gasteiger partial charge in [-0.3, -0.25) is 0 Å². The average Bonchev–Trinajstić information content (AvgIpc) is 1.86. The molecule has 0 unspecified atom stereocenters. The Kier molecular flexibility index (Phi) is 86.5. The maximum atomic E-state index is 9.63. The molecule has 12 nitrogen and oxygen atoms in total. The van der Waals surface area contributed by atoms with Crippen LogP contribution in [0.3, 0.4) is 0 Å². The summed E-state index contributed by atoms with van der Waals surface area (Å²) in [6, 6.07) is 0. The van der Waals surface area contributed by atoms with Gasteiger partial charge in [-0.25, -0.2) is 19.6 Å². The Morgan fingerprint density at radius 2 is 0.684 bits per heavy atom. The van der Waals surface area contributed by atoms with Gasteiger partial charge in [0, 0.05) is 0 Å². The van der Waals surface area contributed by atoms with Crippen molar-refractivity contribution in [1.82, 2.24) is 0 Å². The summed E-state index contributed by atoms with van der Waals surface area (Å²) in [5, 5.41) is 0. The molecule has 0 aromatic rings. The summed E-state index contributed by atoms with van der Waals surface area (Å²) < 4.78 is 0. The zero-order chi connectivity index (χ0) is 10.4. The van der Waals surface area contributed by atoms with E-state index in [4.69, 9.17) is 19.6 Å². The van der Waals surface area contributed by atoms with Crippen LogP contribution in [0.2, 0.25) is 0 Å². The molecule has 0 fully saturated rings. The summed E-state index contributed by atoms with van der Waals surface area (Å²) >= 11 is 0. The Hall–Kier alpha value is 1.90. The van der Waals surface area contributed by atoms with Crippen molar-refractivity contribution in [3.8, 4) is 0 Å². The zero-order valence-electron chi connectivity index (χ0n) is 9.33. The van der Waals surface area contributed by atoms with Crippen LogP contribution in [0, 0.1) is 0 Å². The largest absolute Gasteiger partial charge is 2.00 e. The monoisotopic (exact) mass is 473 g/mol. The quantitative estimate of drug-likeness (QED) is 0.211. The standard InChI is InChI=1S/2CH6NO3P.3Co.4H2O/c2*2-1-6(3,4)5;;;;;;;/h2*1-2H2,(H2,3,4,5);;;;4*1H2/q;;3*+2;;;;/p+2. The molecule has 19 heavy (non-hydrogen) atoms. The van der Waals surface area contributed by atoms with Gasteiger partial charge >= 0.3 is 50.3 Å². The molecule has 0 aliphatic heterocycles. The predicted molar refractivity (Wildman–Crippen MR) is 52.7 cm³/mol. The molecule has 0 spiro atoms. The predicted octanol–water partition coefficient (Wildman–Crippen LogP) is -8.72. The van der Waals surface area contributed by atoms with Crippen molar-refractivity contribution in [3.05, 3.63) is 0 Å². The second-order valence-corrected chi connectivity index (χ2v) is 5.33. The normalized spacial score (nSPS) is 7.58. The molecule has 0 aliphatic carbocycles. The van der Waals surface area contributed by atoms with Crippen LogP contribution >= 0.6 is 15.9 Å². The molecule has 18 N–H and O–H groups in total. The Labute approximate surface area is 141 Å². The first kappa shape index (κ1) is 58.4. The van der Waals surface area contributed by atoms with Gasteiger partial charge in [-0.1, -0.05) is 0 Å². The first-order chi connectivity index (χ1) is 5.12. The van der Waals surface area contributed by atoms with E-state index in [9.17, 15) is 9.79 Å². The van der Waals surface area contributed by atoms with Crippen LogP contribution in [0.15, 0.2) is 0 Å². The van der Waals surface area contributed by atoms with Crippen LogP contribution in [0.1, 0.15) is 0 Å². The maximum absolute atomic E-state index is 9.63. The summed E-state index contributed by atoms with van der Waals surface area (Å²) in [6.45, 7) is 0. The van der Waals surface area contributed by atoms with E-state index in [0.717, 1.165) is 0 Å². The van der Waals surface area contributed by atoms with Crippen molar-refractivity contribution in [3.63, 3.8) is 0 Å². The molecule has 0 saturated heterocycles. The van der Waals surface area contributed by atoms with Gasteiger partial charge in [-0.15, -0.1) is 0 Å². The van der Waals surface area contributed by atoms with Gasteiger partial charge in [0.25, 0.3) is 15.9 Å². The van der Waals surface area contributed by atoms with Crippen LogP contribution in [0.4, 0.5) is 0 Å². The minimum absolute atomic E-state index is 0. The Morgan fingerprint density at radius 3 is 0.684 bits per heavy atom. The van der Waals surface area contributed by atoms with Gasteiger partial charge in [0.15, 0.2) is 0 Å². The maximum Gasteiger partial charge on any atom is 2.00 e. The fourth-order valence-electron chi connectivity index (χ4n) is 0. The van der Waals surface area contributed by atoms with Crippen molar-refractivity contribution >= 4 is 15.9 Å². The molecule has 0 amide bonds. The van der Waals surface area contributed by atoms with E-state index in [1.54, 1.807) is 0 Å². The van der Waals surface area contributed by atoms with Gasteiger partial charge in [0.2, 0.25) is 12.6 Å². The second kappa shape index (κ2) is 28.1. The van der Waals surface area contributed by atoms with Crippen molar-refractivity contribution in [2.24, 2.45) is 0 Å². The number of quaternary nitrogens is 2. The Bertz CT molecular complexity index is 110. The number of rotatable bonds is 2. The molecular formula is C2H22Co3N2O10P2+8. The van der Waals surface area contributed by atoms with E-state index in [0.29, 0.717) is 0 Å². The molecule has 0 rings (SSSR count). The molecule has 0 saturated carbocycles. The molecule has 0 aliphatic rings. The van der Waals surface area contributed by atoms with E-state index in [2.05, 4.69) is 11.5 Å². The van der Waals surface area contributed by atoms with Gasteiger partial charge in [-0.05, 0) is 0 Å². The molecule has 0 atom stereocenters. The Balaban J connectivity index is -0.0000000110. The molecule has 0 aromatic heterocycles. The van der Waals surface area contributed by atoms with Crippen molar-refractivity contribution < 1.29 is 113 Å². The molecular weight excluding hydrogens is 451 g/mol. The van der Waals surface area contributed by atoms with Gasteiger partial charge < -0.3 is 43.2 Å². The third kappa shape index (κ3) is 102. The van der Waals surface area contributed by atoms with E-state index < -0.39 is 15.9 Å². The number of hydrogen-bond donors (Lipinski definition) is 6. The summed E-state index contributed by atoms with van der Waals surface area (Å²) in [4.78, 5) is 50.8. The first-order valence-electron chi connectivity index (χ1n) is 2.80. The van der Waals surface area contributed by atoms with Crippen LogP contribution in [-0.2, 0) is 50.3 Å². The summed E-state index contributed by atoms with van der Waals surface area (Å²) in [5.74, 6) is 0. The fourth-order valence-corrected chi connectivity index (χ4v) is 0. The van der Waals surface area contributed by atoms with E-state index in [1.807, 2.05) is 0 Å². The van der Waals surface area contributed by atoms with Gasteiger partial charge in [-0.2, -0.15) is 0 Å². The van der Waals surface area contributed by atoms with Crippen molar-refractivity contribution in [2.75, 3.05) is 12.6 Å². The van der Waals surface area contributed by atoms with Gasteiger partial charge in [0.1, 0.15) is 0 Å². The molecule has 17 heteroatoms. The van der Waals surface area contributed by atoms with Crippen molar-refractivity contribution in [1.29, 1.82) is 0 Å². The molecule has 3 radical (unpaired) electrons. The zero-order valence-corrected chi connectivity index (χ0v) is 14.2. The van der Waals surface area contributed by atoms with Crippen LogP contribution in [0.5, 0.6) is 0 Å². The molecule has 0 heterocycles. The van der Waals surface area contributed by atoms with Crippen LogP contribution in [0.25, 0.3) is 0 Å². The third-order valence-electron chi connectivity index (χ3n) is 0.583. The molecule has 129 valence electrons. The smallest absolute Gasteiger partial charge is 0.627 e. The van der Waals surface area contributed by atoms with Crippen molar-refractivity contribution in [2.45, 2.75) is 0 Å². The molecule has 0 bridgehead atoms. The fraction of sp³-hybridized carbons (Fsp3) is 1.00. The average molecular weight is 473 g/mol. The minimum atomic E-state index is -3.76. The molecule has 0 aromatic carbocycles.